The Balaban J connectivity index is 1.39. The van der Waals surface area contributed by atoms with Crippen LogP contribution in [0.15, 0.2) is 18.2 Å². The highest BCUT2D eigenvalue weighted by Crippen LogP contribution is 2.23. The van der Waals surface area contributed by atoms with Gasteiger partial charge in [-0.1, -0.05) is 19.3 Å². The summed E-state index contributed by atoms with van der Waals surface area (Å²) in [5, 5.41) is 6.07. The monoisotopic (exact) mass is 456 g/mol. The molecule has 3 amide bonds. The van der Waals surface area contributed by atoms with Crippen LogP contribution < -0.4 is 10.6 Å². The minimum absolute atomic E-state index is 0.143. The molecular formula is C24H36N6O3. The molecule has 1 aromatic carbocycles. The summed E-state index contributed by atoms with van der Waals surface area (Å²) in [4.78, 5) is 33.3. The summed E-state index contributed by atoms with van der Waals surface area (Å²) in [6.07, 6.45) is 5.53. The van der Waals surface area contributed by atoms with Crippen molar-refractivity contribution >= 4 is 28.8 Å². The van der Waals surface area contributed by atoms with Crippen LogP contribution in [0.25, 0.3) is 11.0 Å². The van der Waals surface area contributed by atoms with Crippen molar-refractivity contribution in [2.45, 2.75) is 65.1 Å². The normalized spacial score (nSPS) is 17.8. The Morgan fingerprint density at radius 2 is 1.85 bits per heavy atom. The smallest absolute Gasteiger partial charge is 0.409 e. The van der Waals surface area contributed by atoms with Gasteiger partial charge in [0.2, 0.25) is 0 Å². The SMILES string of the molecule is CCOC(=O)N1CCN(Cc2nc3cc(NC(=O)NC4CCCCC4)ccc3n2CC)CC1. The van der Waals surface area contributed by atoms with E-state index in [0.717, 1.165) is 61.6 Å². The number of aromatic nitrogens is 2. The summed E-state index contributed by atoms with van der Waals surface area (Å²) >= 11 is 0. The second-order valence-electron chi connectivity index (χ2n) is 8.87. The molecule has 0 atom stereocenters. The van der Waals surface area contributed by atoms with Gasteiger partial charge in [0.05, 0.1) is 24.2 Å². The van der Waals surface area contributed by atoms with Gasteiger partial charge in [-0.05, 0) is 44.9 Å². The van der Waals surface area contributed by atoms with Crippen molar-refractivity contribution < 1.29 is 14.3 Å². The average Bonchev–Trinajstić information content (AvgIpc) is 3.16. The second kappa shape index (κ2) is 10.9. The van der Waals surface area contributed by atoms with E-state index < -0.39 is 0 Å². The molecule has 1 aliphatic carbocycles. The largest absolute Gasteiger partial charge is 0.450 e. The van der Waals surface area contributed by atoms with Gasteiger partial charge in [0, 0.05) is 44.5 Å². The lowest BCUT2D eigenvalue weighted by Crippen LogP contribution is -2.48. The van der Waals surface area contributed by atoms with E-state index >= 15 is 0 Å². The number of rotatable bonds is 6. The Kier molecular flexibility index (Phi) is 7.69. The highest BCUT2D eigenvalue weighted by atomic mass is 16.6. The van der Waals surface area contributed by atoms with Crippen LogP contribution in [0.5, 0.6) is 0 Å². The maximum absolute atomic E-state index is 12.4. The fourth-order valence-electron chi connectivity index (χ4n) is 4.83. The Labute approximate surface area is 195 Å². The van der Waals surface area contributed by atoms with Crippen LogP contribution in [0.4, 0.5) is 15.3 Å². The van der Waals surface area contributed by atoms with Crippen molar-refractivity contribution in [3.05, 3.63) is 24.0 Å². The van der Waals surface area contributed by atoms with Crippen molar-refractivity contribution in [2.75, 3.05) is 38.1 Å². The van der Waals surface area contributed by atoms with E-state index in [0.29, 0.717) is 19.7 Å². The molecule has 9 heteroatoms. The molecule has 1 aliphatic heterocycles. The first-order valence-electron chi connectivity index (χ1n) is 12.3. The molecule has 2 N–H and O–H groups in total. The van der Waals surface area contributed by atoms with E-state index in [2.05, 4.69) is 27.0 Å². The number of carbonyl (C=O) groups excluding carboxylic acids is 2. The fourth-order valence-corrected chi connectivity index (χ4v) is 4.83. The lowest BCUT2D eigenvalue weighted by molar-refractivity contribution is 0.0769. The van der Waals surface area contributed by atoms with E-state index in [1.807, 2.05) is 25.1 Å². The van der Waals surface area contributed by atoms with Gasteiger partial charge in [0.1, 0.15) is 5.82 Å². The predicted molar refractivity (Wildman–Crippen MR) is 128 cm³/mol. The fraction of sp³-hybridized carbons (Fsp3) is 0.625. The Hall–Kier alpha value is -2.81. The summed E-state index contributed by atoms with van der Waals surface area (Å²) in [6.45, 7) is 8.80. The molecule has 2 aliphatic rings. The number of aryl methyl sites for hydroxylation is 1. The number of urea groups is 1. The summed E-state index contributed by atoms with van der Waals surface area (Å²) in [6, 6.07) is 6.06. The topological polar surface area (TPSA) is 91.7 Å². The van der Waals surface area contributed by atoms with Gasteiger partial charge in [0.25, 0.3) is 0 Å². The Morgan fingerprint density at radius 1 is 1.09 bits per heavy atom. The van der Waals surface area contributed by atoms with Gasteiger partial charge in [-0.2, -0.15) is 0 Å². The van der Waals surface area contributed by atoms with Crippen LogP contribution in [0.1, 0.15) is 51.8 Å². The number of amides is 3. The van der Waals surface area contributed by atoms with E-state index in [4.69, 9.17) is 9.72 Å². The zero-order chi connectivity index (χ0) is 23.2. The number of hydrogen-bond donors (Lipinski definition) is 2. The molecule has 180 valence electrons. The molecule has 0 bridgehead atoms. The standard InChI is InChI=1S/C24H36N6O3/c1-3-30-21-11-10-19(26-23(31)25-18-8-6-5-7-9-18)16-20(21)27-22(30)17-28-12-14-29(15-13-28)24(32)33-4-2/h10-11,16,18H,3-9,12-15,17H2,1-2H3,(H2,25,26,31). The molecule has 1 saturated carbocycles. The molecule has 0 radical (unpaired) electrons. The first-order valence-corrected chi connectivity index (χ1v) is 12.3. The lowest BCUT2D eigenvalue weighted by Gasteiger charge is -2.33. The number of nitrogens with one attached hydrogen (secondary N) is 2. The zero-order valence-electron chi connectivity index (χ0n) is 19.8. The number of benzene rings is 1. The van der Waals surface area contributed by atoms with Gasteiger partial charge in [0.15, 0.2) is 0 Å². The van der Waals surface area contributed by atoms with Crippen molar-refractivity contribution in [3.8, 4) is 0 Å². The minimum Gasteiger partial charge on any atom is -0.450 e. The van der Waals surface area contributed by atoms with Gasteiger partial charge in [-0.25, -0.2) is 14.6 Å². The number of ether oxygens (including phenoxy) is 1. The maximum atomic E-state index is 12.4. The third-order valence-corrected chi connectivity index (χ3v) is 6.61. The number of fused-ring (bicyclic) bond motifs is 1. The second-order valence-corrected chi connectivity index (χ2v) is 8.87. The average molecular weight is 457 g/mol. The third-order valence-electron chi connectivity index (χ3n) is 6.61. The Morgan fingerprint density at radius 3 is 2.55 bits per heavy atom. The van der Waals surface area contributed by atoms with E-state index in [9.17, 15) is 9.59 Å². The predicted octanol–water partition coefficient (Wildman–Crippen LogP) is 3.78. The first kappa shape index (κ1) is 23.4. The van der Waals surface area contributed by atoms with Crippen molar-refractivity contribution in [1.82, 2.24) is 24.7 Å². The van der Waals surface area contributed by atoms with E-state index in [1.165, 1.54) is 19.3 Å². The molecule has 33 heavy (non-hydrogen) atoms. The molecular weight excluding hydrogens is 420 g/mol. The first-order chi connectivity index (χ1) is 16.1. The number of piperazine rings is 1. The molecule has 1 saturated heterocycles. The molecule has 4 rings (SSSR count). The van der Waals surface area contributed by atoms with Gasteiger partial charge >= 0.3 is 12.1 Å². The van der Waals surface area contributed by atoms with Crippen LogP contribution in [0.2, 0.25) is 0 Å². The molecule has 0 unspecified atom stereocenters. The molecule has 0 spiro atoms. The van der Waals surface area contributed by atoms with Crippen LogP contribution in [0.3, 0.4) is 0 Å². The zero-order valence-corrected chi connectivity index (χ0v) is 19.8. The van der Waals surface area contributed by atoms with Crippen LogP contribution in [-0.4, -0.2) is 70.3 Å². The number of hydrogen-bond acceptors (Lipinski definition) is 5. The van der Waals surface area contributed by atoms with E-state index in [-0.39, 0.29) is 18.2 Å². The van der Waals surface area contributed by atoms with Crippen LogP contribution >= 0.6 is 0 Å². The summed E-state index contributed by atoms with van der Waals surface area (Å²) in [7, 11) is 0. The van der Waals surface area contributed by atoms with E-state index in [1.54, 1.807) is 4.90 Å². The van der Waals surface area contributed by atoms with Crippen LogP contribution in [-0.2, 0) is 17.8 Å². The molecule has 2 fully saturated rings. The van der Waals surface area contributed by atoms with Gasteiger partial charge in [-0.3, -0.25) is 4.90 Å². The van der Waals surface area contributed by atoms with Crippen molar-refractivity contribution in [3.63, 3.8) is 0 Å². The highest BCUT2D eigenvalue weighted by Gasteiger charge is 2.23. The number of imidazole rings is 1. The summed E-state index contributed by atoms with van der Waals surface area (Å²) in [5.74, 6) is 1.00. The number of carbonyl (C=O) groups is 2. The third kappa shape index (κ3) is 5.76. The maximum Gasteiger partial charge on any atom is 0.409 e. The molecule has 9 nitrogen and oxygen atoms in total. The molecule has 2 aromatic rings. The highest BCUT2D eigenvalue weighted by molar-refractivity contribution is 5.92. The Bertz CT molecular complexity index is 961. The molecule has 1 aromatic heterocycles. The summed E-state index contributed by atoms with van der Waals surface area (Å²) in [5.41, 5.74) is 2.70. The number of nitrogens with zero attached hydrogens (tertiary/aromatic N) is 4. The summed E-state index contributed by atoms with van der Waals surface area (Å²) < 4.78 is 7.33. The minimum atomic E-state index is -0.231. The van der Waals surface area contributed by atoms with Crippen molar-refractivity contribution in [2.24, 2.45) is 0 Å². The quantitative estimate of drug-likeness (QED) is 0.690. The van der Waals surface area contributed by atoms with Gasteiger partial charge < -0.3 is 24.8 Å². The lowest BCUT2D eigenvalue weighted by atomic mass is 9.96. The number of anilines is 1. The van der Waals surface area contributed by atoms with Gasteiger partial charge in [-0.15, -0.1) is 0 Å². The van der Waals surface area contributed by atoms with Crippen molar-refractivity contribution in [1.29, 1.82) is 0 Å². The molecule has 2 heterocycles. The van der Waals surface area contributed by atoms with Crippen LogP contribution in [0, 0.1) is 0 Å².